The van der Waals surface area contributed by atoms with Crippen LogP contribution in [0.5, 0.6) is 0 Å². The number of carbonyl (C=O) groups is 1. The van der Waals surface area contributed by atoms with E-state index in [4.69, 9.17) is 5.11 Å². The van der Waals surface area contributed by atoms with Crippen molar-refractivity contribution in [2.75, 3.05) is 0 Å². The molecule has 0 amide bonds. The maximum Gasteiger partial charge on any atom is 0.352 e. The van der Waals surface area contributed by atoms with Gasteiger partial charge in [-0.15, -0.1) is 0 Å². The quantitative estimate of drug-likeness (QED) is 0.860. The number of aromatic carboxylic acids is 1. The van der Waals surface area contributed by atoms with Crippen molar-refractivity contribution in [3.05, 3.63) is 21.5 Å². The molecule has 0 bridgehead atoms. The van der Waals surface area contributed by atoms with E-state index in [1.165, 1.54) is 25.7 Å². The molecule has 1 aromatic heterocycles. The third-order valence-electron chi connectivity index (χ3n) is 3.56. The largest absolute Gasteiger partial charge is 0.477 e. The molecule has 0 aromatic carbocycles. The van der Waals surface area contributed by atoms with E-state index in [2.05, 4.69) is 29.5 Å². The van der Waals surface area contributed by atoms with Gasteiger partial charge in [-0.05, 0) is 54.3 Å². The SMILES string of the molecule is CC(C1CCCC1)n1cc(I)cc1C(=O)O. The highest BCUT2D eigenvalue weighted by molar-refractivity contribution is 14.1. The summed E-state index contributed by atoms with van der Waals surface area (Å²) in [7, 11) is 0. The molecule has 1 unspecified atom stereocenters. The molecular formula is C12H16INO2. The third-order valence-corrected chi connectivity index (χ3v) is 4.15. The molecule has 1 aromatic rings. The van der Waals surface area contributed by atoms with Crippen LogP contribution in [0.1, 0.15) is 49.1 Å². The predicted molar refractivity (Wildman–Crippen MR) is 70.8 cm³/mol. The maximum atomic E-state index is 11.1. The number of halogens is 1. The van der Waals surface area contributed by atoms with Gasteiger partial charge in [0.05, 0.1) is 0 Å². The van der Waals surface area contributed by atoms with Gasteiger partial charge in [0.1, 0.15) is 5.69 Å². The van der Waals surface area contributed by atoms with E-state index in [9.17, 15) is 4.79 Å². The van der Waals surface area contributed by atoms with Crippen molar-refractivity contribution in [2.45, 2.75) is 38.6 Å². The lowest BCUT2D eigenvalue weighted by molar-refractivity contribution is 0.0681. The van der Waals surface area contributed by atoms with E-state index in [0.717, 1.165) is 3.57 Å². The maximum absolute atomic E-state index is 11.1. The molecule has 0 aliphatic heterocycles. The number of carboxylic acids is 1. The minimum atomic E-state index is -0.826. The molecule has 0 saturated heterocycles. The molecule has 16 heavy (non-hydrogen) atoms. The lowest BCUT2D eigenvalue weighted by Gasteiger charge is -2.22. The standard InChI is InChI=1S/C12H16INO2/c1-8(9-4-2-3-5-9)14-7-10(13)6-11(14)12(15)16/h6-9H,2-5H2,1H3,(H,15,16). The molecule has 2 rings (SSSR count). The minimum absolute atomic E-state index is 0.303. The molecule has 0 spiro atoms. The number of carboxylic acid groups (broad SMARTS) is 1. The van der Waals surface area contributed by atoms with Gasteiger partial charge in [-0.3, -0.25) is 0 Å². The van der Waals surface area contributed by atoms with Crippen LogP contribution < -0.4 is 0 Å². The molecule has 1 atom stereocenters. The van der Waals surface area contributed by atoms with Gasteiger partial charge < -0.3 is 9.67 Å². The molecular weight excluding hydrogens is 317 g/mol. The van der Waals surface area contributed by atoms with Gasteiger partial charge in [0, 0.05) is 15.8 Å². The van der Waals surface area contributed by atoms with Crippen LogP contribution in [0.15, 0.2) is 12.3 Å². The zero-order valence-corrected chi connectivity index (χ0v) is 11.5. The van der Waals surface area contributed by atoms with Gasteiger partial charge in [-0.25, -0.2) is 4.79 Å². The smallest absolute Gasteiger partial charge is 0.352 e. The van der Waals surface area contributed by atoms with Crippen LogP contribution in [0.4, 0.5) is 0 Å². The lowest BCUT2D eigenvalue weighted by Crippen LogP contribution is -2.17. The molecule has 1 fully saturated rings. The van der Waals surface area contributed by atoms with Crippen LogP contribution in [0.25, 0.3) is 0 Å². The van der Waals surface area contributed by atoms with E-state index in [1.807, 2.05) is 10.8 Å². The summed E-state index contributed by atoms with van der Waals surface area (Å²) in [6, 6.07) is 2.05. The Labute approximate surface area is 109 Å². The van der Waals surface area contributed by atoms with Crippen molar-refractivity contribution in [1.82, 2.24) is 4.57 Å². The first-order valence-corrected chi connectivity index (χ1v) is 6.78. The molecule has 88 valence electrons. The molecule has 3 nitrogen and oxygen atoms in total. The number of rotatable bonds is 3. The van der Waals surface area contributed by atoms with Crippen molar-refractivity contribution in [1.29, 1.82) is 0 Å². The van der Waals surface area contributed by atoms with E-state index in [-0.39, 0.29) is 0 Å². The number of hydrogen-bond acceptors (Lipinski definition) is 1. The molecule has 1 N–H and O–H groups in total. The van der Waals surface area contributed by atoms with Crippen molar-refractivity contribution >= 4 is 28.6 Å². The van der Waals surface area contributed by atoms with Crippen LogP contribution in [0.3, 0.4) is 0 Å². The second-order valence-electron chi connectivity index (χ2n) is 4.54. The summed E-state index contributed by atoms with van der Waals surface area (Å²) in [5, 5.41) is 9.15. The van der Waals surface area contributed by atoms with Gasteiger partial charge in [0.2, 0.25) is 0 Å². The summed E-state index contributed by atoms with van der Waals surface area (Å²) >= 11 is 2.17. The second kappa shape index (κ2) is 4.77. The fourth-order valence-corrected chi connectivity index (χ4v) is 3.22. The van der Waals surface area contributed by atoms with E-state index < -0.39 is 5.97 Å². The highest BCUT2D eigenvalue weighted by atomic mass is 127. The highest BCUT2D eigenvalue weighted by Crippen LogP contribution is 2.35. The van der Waals surface area contributed by atoms with Crippen LogP contribution in [0, 0.1) is 9.49 Å². The first-order chi connectivity index (χ1) is 7.59. The number of nitrogens with zero attached hydrogens (tertiary/aromatic N) is 1. The number of aromatic nitrogens is 1. The minimum Gasteiger partial charge on any atom is -0.477 e. The fourth-order valence-electron chi connectivity index (χ4n) is 2.62. The summed E-state index contributed by atoms with van der Waals surface area (Å²) in [5.41, 5.74) is 0.420. The van der Waals surface area contributed by atoms with Gasteiger partial charge in [0.25, 0.3) is 0 Å². The molecule has 1 aliphatic carbocycles. The summed E-state index contributed by atoms with van der Waals surface area (Å²) in [4.78, 5) is 11.1. The fraction of sp³-hybridized carbons (Fsp3) is 0.583. The summed E-state index contributed by atoms with van der Waals surface area (Å²) < 4.78 is 2.93. The van der Waals surface area contributed by atoms with E-state index in [1.54, 1.807) is 6.07 Å². The Morgan fingerprint density at radius 3 is 2.75 bits per heavy atom. The Morgan fingerprint density at radius 1 is 1.56 bits per heavy atom. The molecule has 4 heteroatoms. The average molecular weight is 333 g/mol. The van der Waals surface area contributed by atoms with Crippen LogP contribution in [-0.2, 0) is 0 Å². The summed E-state index contributed by atoms with van der Waals surface area (Å²) in [5.74, 6) is -0.186. The third kappa shape index (κ3) is 2.26. The van der Waals surface area contributed by atoms with E-state index in [0.29, 0.717) is 17.7 Å². The van der Waals surface area contributed by atoms with Crippen LogP contribution in [0.2, 0.25) is 0 Å². The molecule has 1 aliphatic rings. The Hall–Kier alpha value is -0.520. The van der Waals surface area contributed by atoms with Crippen molar-refractivity contribution < 1.29 is 9.90 Å². The zero-order chi connectivity index (χ0) is 11.7. The Balaban J connectivity index is 2.27. The first kappa shape index (κ1) is 12.0. The van der Waals surface area contributed by atoms with Crippen molar-refractivity contribution in [2.24, 2.45) is 5.92 Å². The van der Waals surface area contributed by atoms with E-state index >= 15 is 0 Å². The number of hydrogen-bond donors (Lipinski definition) is 1. The van der Waals surface area contributed by atoms with Gasteiger partial charge in [-0.1, -0.05) is 12.8 Å². The Kier molecular flexibility index (Phi) is 3.56. The Morgan fingerprint density at radius 2 is 2.19 bits per heavy atom. The lowest BCUT2D eigenvalue weighted by atomic mass is 9.99. The van der Waals surface area contributed by atoms with Crippen molar-refractivity contribution in [3.8, 4) is 0 Å². The monoisotopic (exact) mass is 333 g/mol. The van der Waals surface area contributed by atoms with Crippen LogP contribution >= 0.6 is 22.6 Å². The summed E-state index contributed by atoms with van der Waals surface area (Å²) in [6.07, 6.45) is 6.99. The molecule has 0 radical (unpaired) electrons. The predicted octanol–water partition coefficient (Wildman–Crippen LogP) is 3.54. The normalized spacial score (nSPS) is 18.9. The highest BCUT2D eigenvalue weighted by Gasteiger charge is 2.25. The average Bonchev–Trinajstić information content (AvgIpc) is 2.84. The van der Waals surface area contributed by atoms with Crippen LogP contribution in [-0.4, -0.2) is 15.6 Å². The topological polar surface area (TPSA) is 42.2 Å². The van der Waals surface area contributed by atoms with Crippen molar-refractivity contribution in [3.63, 3.8) is 0 Å². The van der Waals surface area contributed by atoms with Gasteiger partial charge in [0.15, 0.2) is 0 Å². The van der Waals surface area contributed by atoms with Gasteiger partial charge >= 0.3 is 5.97 Å². The summed E-state index contributed by atoms with van der Waals surface area (Å²) in [6.45, 7) is 2.14. The first-order valence-electron chi connectivity index (χ1n) is 5.70. The van der Waals surface area contributed by atoms with Gasteiger partial charge in [-0.2, -0.15) is 0 Å². The molecule has 1 saturated carbocycles. The second-order valence-corrected chi connectivity index (χ2v) is 5.79. The zero-order valence-electron chi connectivity index (χ0n) is 9.32. The Bertz CT molecular complexity index is 394. The molecule has 1 heterocycles.